The third-order valence-electron chi connectivity index (χ3n) is 1.79. The van der Waals surface area contributed by atoms with E-state index in [2.05, 4.69) is 11.2 Å². The van der Waals surface area contributed by atoms with E-state index in [4.69, 9.17) is 5.73 Å². The van der Waals surface area contributed by atoms with Gasteiger partial charge < -0.3 is 5.73 Å². The van der Waals surface area contributed by atoms with Crippen molar-refractivity contribution < 1.29 is 0 Å². The van der Waals surface area contributed by atoms with Gasteiger partial charge in [-0.2, -0.15) is 11.8 Å². The van der Waals surface area contributed by atoms with Crippen LogP contribution in [-0.4, -0.2) is 29.8 Å². The first-order chi connectivity index (χ1) is 4.74. The van der Waals surface area contributed by atoms with Crippen LogP contribution < -0.4 is 5.73 Å². The molecule has 1 heterocycles. The SMILES string of the molecule is CSC1CN=C(C(C)N)C1. The minimum atomic E-state index is 0.164. The maximum absolute atomic E-state index is 5.67. The lowest BCUT2D eigenvalue weighted by Crippen LogP contribution is -2.26. The molecule has 1 rings (SSSR count). The quantitative estimate of drug-likeness (QED) is 0.648. The molecule has 1 aliphatic rings. The van der Waals surface area contributed by atoms with Crippen LogP contribution in [0, 0.1) is 0 Å². The van der Waals surface area contributed by atoms with E-state index in [0.717, 1.165) is 13.0 Å². The van der Waals surface area contributed by atoms with Crippen molar-refractivity contribution in [3.05, 3.63) is 0 Å². The van der Waals surface area contributed by atoms with Crippen LogP contribution in [0.5, 0.6) is 0 Å². The molecule has 0 fully saturated rings. The van der Waals surface area contributed by atoms with Gasteiger partial charge in [-0.05, 0) is 13.2 Å². The largest absolute Gasteiger partial charge is 0.323 e. The average molecular weight is 158 g/mol. The van der Waals surface area contributed by atoms with Crippen LogP contribution in [0.1, 0.15) is 13.3 Å². The number of nitrogens with two attached hydrogens (primary N) is 1. The van der Waals surface area contributed by atoms with Crippen molar-refractivity contribution in [2.75, 3.05) is 12.8 Å². The topological polar surface area (TPSA) is 38.4 Å². The summed E-state index contributed by atoms with van der Waals surface area (Å²) in [6, 6.07) is 0.164. The maximum atomic E-state index is 5.67. The van der Waals surface area contributed by atoms with Gasteiger partial charge in [0.25, 0.3) is 0 Å². The van der Waals surface area contributed by atoms with Crippen LogP contribution in [0.25, 0.3) is 0 Å². The fourth-order valence-corrected chi connectivity index (χ4v) is 1.63. The molecule has 0 aromatic carbocycles. The molecular weight excluding hydrogens is 144 g/mol. The first-order valence-electron chi connectivity index (χ1n) is 3.55. The zero-order chi connectivity index (χ0) is 7.56. The molecule has 0 aromatic rings. The number of rotatable bonds is 2. The second-order valence-corrected chi connectivity index (χ2v) is 3.82. The van der Waals surface area contributed by atoms with Crippen molar-refractivity contribution in [1.82, 2.24) is 0 Å². The average Bonchev–Trinajstić information content (AvgIpc) is 2.34. The Hall–Kier alpha value is -0.0200. The fourth-order valence-electron chi connectivity index (χ4n) is 1.07. The minimum Gasteiger partial charge on any atom is -0.323 e. The summed E-state index contributed by atoms with van der Waals surface area (Å²) in [6.07, 6.45) is 3.23. The van der Waals surface area contributed by atoms with E-state index in [1.165, 1.54) is 5.71 Å². The molecule has 10 heavy (non-hydrogen) atoms. The normalized spacial score (nSPS) is 28.3. The summed E-state index contributed by atoms with van der Waals surface area (Å²) in [5, 5.41) is 0.695. The summed E-state index contributed by atoms with van der Waals surface area (Å²) in [7, 11) is 0. The second kappa shape index (κ2) is 3.39. The maximum Gasteiger partial charge on any atom is 0.0512 e. The summed E-state index contributed by atoms with van der Waals surface area (Å²) in [4.78, 5) is 4.36. The molecule has 0 saturated carbocycles. The van der Waals surface area contributed by atoms with Crippen molar-refractivity contribution in [2.45, 2.75) is 24.6 Å². The van der Waals surface area contributed by atoms with Gasteiger partial charge in [0.05, 0.1) is 6.54 Å². The van der Waals surface area contributed by atoms with Gasteiger partial charge in [-0.3, -0.25) is 4.99 Å². The molecule has 1 aliphatic heterocycles. The first kappa shape index (κ1) is 8.08. The Labute approximate surface area is 66.3 Å². The summed E-state index contributed by atoms with van der Waals surface area (Å²) < 4.78 is 0. The highest BCUT2D eigenvalue weighted by Crippen LogP contribution is 2.18. The molecule has 2 N–H and O–H groups in total. The van der Waals surface area contributed by atoms with E-state index in [1.54, 1.807) is 0 Å². The predicted octanol–water partition coefficient (Wildman–Crippen LogP) is 0.910. The van der Waals surface area contributed by atoms with Crippen LogP contribution in [-0.2, 0) is 0 Å². The molecule has 0 bridgehead atoms. The van der Waals surface area contributed by atoms with Crippen LogP contribution in [0.3, 0.4) is 0 Å². The Bertz CT molecular complexity index is 143. The third-order valence-corrected chi connectivity index (χ3v) is 2.78. The molecule has 0 saturated heterocycles. The monoisotopic (exact) mass is 158 g/mol. The zero-order valence-electron chi connectivity index (χ0n) is 6.50. The molecule has 3 heteroatoms. The summed E-state index contributed by atoms with van der Waals surface area (Å²) in [5.41, 5.74) is 6.87. The predicted molar refractivity (Wildman–Crippen MR) is 47.9 cm³/mol. The van der Waals surface area contributed by atoms with Crippen molar-refractivity contribution in [2.24, 2.45) is 10.7 Å². The summed E-state index contributed by atoms with van der Waals surface area (Å²) >= 11 is 1.88. The lowest BCUT2D eigenvalue weighted by atomic mass is 10.1. The highest BCUT2D eigenvalue weighted by molar-refractivity contribution is 7.99. The van der Waals surface area contributed by atoms with E-state index < -0.39 is 0 Å². The van der Waals surface area contributed by atoms with E-state index in [-0.39, 0.29) is 6.04 Å². The number of hydrogen-bond acceptors (Lipinski definition) is 3. The van der Waals surface area contributed by atoms with Gasteiger partial charge >= 0.3 is 0 Å². The number of thioether (sulfide) groups is 1. The van der Waals surface area contributed by atoms with Gasteiger partial charge in [-0.1, -0.05) is 0 Å². The molecule has 2 unspecified atom stereocenters. The molecule has 58 valence electrons. The molecule has 2 nitrogen and oxygen atoms in total. The number of nitrogens with zero attached hydrogens (tertiary/aromatic N) is 1. The van der Waals surface area contributed by atoms with Gasteiger partial charge in [0.1, 0.15) is 0 Å². The fraction of sp³-hybridized carbons (Fsp3) is 0.857. The highest BCUT2D eigenvalue weighted by Gasteiger charge is 2.19. The molecule has 0 spiro atoms. The summed E-state index contributed by atoms with van der Waals surface area (Å²) in [6.45, 7) is 2.97. The van der Waals surface area contributed by atoms with E-state index >= 15 is 0 Å². The zero-order valence-corrected chi connectivity index (χ0v) is 7.32. The van der Waals surface area contributed by atoms with Gasteiger partial charge in [0.2, 0.25) is 0 Å². The third kappa shape index (κ3) is 1.73. The number of aliphatic imine (C=N–C) groups is 1. The summed E-state index contributed by atoms with van der Waals surface area (Å²) in [5.74, 6) is 0. The van der Waals surface area contributed by atoms with Crippen LogP contribution in [0.15, 0.2) is 4.99 Å². The number of hydrogen-bond donors (Lipinski definition) is 1. The van der Waals surface area contributed by atoms with Gasteiger partial charge in [-0.15, -0.1) is 0 Å². The second-order valence-electron chi connectivity index (χ2n) is 2.68. The van der Waals surface area contributed by atoms with E-state index in [1.807, 2.05) is 18.7 Å². The first-order valence-corrected chi connectivity index (χ1v) is 4.84. The van der Waals surface area contributed by atoms with E-state index in [9.17, 15) is 0 Å². The van der Waals surface area contributed by atoms with Gasteiger partial charge in [0, 0.05) is 23.4 Å². The van der Waals surface area contributed by atoms with Gasteiger partial charge in [0.15, 0.2) is 0 Å². The Morgan fingerprint density at radius 3 is 2.80 bits per heavy atom. The van der Waals surface area contributed by atoms with Crippen LogP contribution in [0.2, 0.25) is 0 Å². The van der Waals surface area contributed by atoms with Crippen molar-refractivity contribution in [3.8, 4) is 0 Å². The molecule has 2 atom stereocenters. The van der Waals surface area contributed by atoms with Gasteiger partial charge in [-0.25, -0.2) is 0 Å². The molecule has 0 aliphatic carbocycles. The van der Waals surface area contributed by atoms with Crippen LogP contribution in [0.4, 0.5) is 0 Å². The smallest absolute Gasteiger partial charge is 0.0512 e. The molecule has 0 aromatic heterocycles. The Morgan fingerprint density at radius 1 is 1.80 bits per heavy atom. The minimum absolute atomic E-state index is 0.164. The Kier molecular flexibility index (Phi) is 2.74. The Morgan fingerprint density at radius 2 is 2.50 bits per heavy atom. The highest BCUT2D eigenvalue weighted by atomic mass is 32.2. The van der Waals surface area contributed by atoms with Crippen LogP contribution >= 0.6 is 11.8 Å². The van der Waals surface area contributed by atoms with E-state index in [0.29, 0.717) is 5.25 Å². The molecule has 0 amide bonds. The van der Waals surface area contributed by atoms with Crippen molar-refractivity contribution in [1.29, 1.82) is 0 Å². The van der Waals surface area contributed by atoms with Crippen molar-refractivity contribution >= 4 is 17.5 Å². The van der Waals surface area contributed by atoms with Crippen molar-refractivity contribution in [3.63, 3.8) is 0 Å². The lowest BCUT2D eigenvalue weighted by Gasteiger charge is -2.05. The standard InChI is InChI=1S/C7H14N2S/c1-5(8)7-3-6(10-2)4-9-7/h5-6H,3-4,8H2,1-2H3. The molecule has 0 radical (unpaired) electrons. The Balaban J connectivity index is 2.39. The molecular formula is C7H14N2S. The lowest BCUT2D eigenvalue weighted by molar-refractivity contribution is 0.937.